The Morgan fingerprint density at radius 1 is 1.21 bits per heavy atom. The number of rotatable bonds is 4. The summed E-state index contributed by atoms with van der Waals surface area (Å²) in [5.74, 6) is 0.815. The number of fused-ring (bicyclic) bond motifs is 2. The van der Waals surface area contributed by atoms with Crippen LogP contribution in [0.4, 0.5) is 13.2 Å². The van der Waals surface area contributed by atoms with E-state index in [9.17, 15) is 13.2 Å². The molecule has 3 nitrogen and oxygen atoms in total. The fourth-order valence-electron chi connectivity index (χ4n) is 3.15. The number of alkyl halides is 3. The lowest BCUT2D eigenvalue weighted by Gasteiger charge is -2.10. The maximum absolute atomic E-state index is 13.1. The second kappa shape index (κ2) is 7.57. The van der Waals surface area contributed by atoms with Crippen LogP contribution in [-0.4, -0.2) is 28.0 Å². The smallest absolute Gasteiger partial charge is 0.351 e. The summed E-state index contributed by atoms with van der Waals surface area (Å²) in [6, 6.07) is 9.04. The molecular weight excluding hydrogens is 418 g/mol. The molecule has 4 rings (SSSR count). The molecule has 3 heterocycles. The highest BCUT2D eigenvalue weighted by atomic mass is 35.5. The average molecular weight is 433 g/mol. The molecule has 0 unspecified atom stereocenters. The van der Waals surface area contributed by atoms with Crippen molar-refractivity contribution < 1.29 is 13.2 Å². The van der Waals surface area contributed by atoms with Gasteiger partial charge in [-0.3, -0.25) is 4.98 Å². The van der Waals surface area contributed by atoms with E-state index in [0.717, 1.165) is 39.3 Å². The molecule has 1 N–H and O–H groups in total. The fourth-order valence-corrected chi connectivity index (χ4v) is 4.24. The predicted octanol–water partition coefficient (Wildman–Crippen LogP) is 5.94. The topological polar surface area (TPSA) is 41.6 Å². The van der Waals surface area contributed by atoms with Gasteiger partial charge in [0.05, 0.1) is 27.3 Å². The normalized spacial score (nSPS) is 12.1. The van der Waals surface area contributed by atoms with Gasteiger partial charge in [-0.25, -0.2) is 4.98 Å². The molecule has 0 saturated carbocycles. The summed E-state index contributed by atoms with van der Waals surface area (Å²) in [6.45, 7) is 3.97. The summed E-state index contributed by atoms with van der Waals surface area (Å²) >= 11 is 8.11. The molecule has 1 radical (unpaired) electrons. The first-order valence-corrected chi connectivity index (χ1v) is 10.3. The number of benzene rings is 1. The quantitative estimate of drug-likeness (QED) is 0.320. The molecule has 3 aromatic heterocycles. The van der Waals surface area contributed by atoms with E-state index in [1.165, 1.54) is 0 Å². The van der Waals surface area contributed by atoms with Crippen LogP contribution in [0.2, 0.25) is 11.8 Å². The van der Waals surface area contributed by atoms with Crippen molar-refractivity contribution in [1.82, 2.24) is 15.0 Å². The van der Waals surface area contributed by atoms with Gasteiger partial charge in [-0.15, -0.1) is 11.8 Å². The summed E-state index contributed by atoms with van der Waals surface area (Å²) in [7, 11) is 1.98. The van der Waals surface area contributed by atoms with E-state index in [1.54, 1.807) is 11.8 Å². The van der Waals surface area contributed by atoms with Crippen molar-refractivity contribution in [2.24, 2.45) is 0 Å². The summed E-state index contributed by atoms with van der Waals surface area (Å²) in [5.41, 5.74) is 2.59. The molecule has 0 bridgehead atoms. The summed E-state index contributed by atoms with van der Waals surface area (Å²) < 4.78 is 39.2. The van der Waals surface area contributed by atoms with Crippen molar-refractivity contribution in [2.45, 2.75) is 24.8 Å². The molecule has 1 aromatic carbocycles. The minimum Gasteiger partial charge on any atom is -0.351 e. The average Bonchev–Trinajstić information content (AvgIpc) is 3.02. The zero-order valence-corrected chi connectivity index (χ0v) is 17.1. The van der Waals surface area contributed by atoms with Crippen LogP contribution in [-0.2, 0) is 6.18 Å². The molecule has 0 amide bonds. The minimum absolute atomic E-state index is 0.227. The van der Waals surface area contributed by atoms with Crippen molar-refractivity contribution in [3.05, 3.63) is 47.1 Å². The largest absolute Gasteiger partial charge is 0.417 e. The molecule has 9 heteroatoms. The number of nitrogens with zero attached hydrogens (tertiary/aromatic N) is 2. The first kappa shape index (κ1) is 20.1. The van der Waals surface area contributed by atoms with Gasteiger partial charge >= 0.3 is 6.18 Å². The lowest BCUT2D eigenvalue weighted by Crippen LogP contribution is -2.09. The maximum atomic E-state index is 13.1. The molecule has 147 valence electrons. The van der Waals surface area contributed by atoms with E-state index in [-0.39, 0.29) is 10.5 Å². The lowest BCUT2D eigenvalue weighted by atomic mass is 9.73. The summed E-state index contributed by atoms with van der Waals surface area (Å²) in [4.78, 5) is 12.6. The number of pyridine rings is 2. The molecule has 4 aromatic rings. The number of H-pyrrole nitrogens is 1. The van der Waals surface area contributed by atoms with Crippen LogP contribution in [0.25, 0.3) is 33.3 Å². The van der Waals surface area contributed by atoms with Crippen LogP contribution in [0.15, 0.2) is 41.4 Å². The number of thioether (sulfide) groups is 1. The lowest BCUT2D eigenvalue weighted by molar-refractivity contribution is -0.137. The van der Waals surface area contributed by atoms with Gasteiger partial charge in [0.15, 0.2) is 0 Å². The van der Waals surface area contributed by atoms with E-state index in [0.29, 0.717) is 16.9 Å². The first-order chi connectivity index (χ1) is 13.8. The molecule has 0 aliphatic carbocycles. The van der Waals surface area contributed by atoms with Crippen LogP contribution in [0.5, 0.6) is 0 Å². The minimum atomic E-state index is -4.48. The predicted molar refractivity (Wildman–Crippen MR) is 114 cm³/mol. The van der Waals surface area contributed by atoms with E-state index in [1.807, 2.05) is 45.3 Å². The van der Waals surface area contributed by atoms with E-state index in [4.69, 9.17) is 16.6 Å². The van der Waals surface area contributed by atoms with Crippen molar-refractivity contribution in [3.63, 3.8) is 0 Å². The van der Waals surface area contributed by atoms with Crippen LogP contribution >= 0.6 is 23.4 Å². The van der Waals surface area contributed by atoms with Crippen molar-refractivity contribution in [2.75, 3.05) is 5.75 Å². The molecule has 0 atom stereocenters. The maximum Gasteiger partial charge on any atom is 0.417 e. The molecule has 0 spiro atoms. The molecule has 29 heavy (non-hydrogen) atoms. The van der Waals surface area contributed by atoms with Crippen LogP contribution in [0.1, 0.15) is 12.5 Å². The van der Waals surface area contributed by atoms with E-state index < -0.39 is 11.7 Å². The van der Waals surface area contributed by atoms with Gasteiger partial charge in [-0.05, 0) is 24.0 Å². The Hall–Kier alpha value is -2.19. The van der Waals surface area contributed by atoms with E-state index in [2.05, 4.69) is 9.97 Å². The monoisotopic (exact) mass is 432 g/mol. The molecule has 0 fully saturated rings. The van der Waals surface area contributed by atoms with Gasteiger partial charge in [0, 0.05) is 16.5 Å². The third-order valence-corrected chi connectivity index (χ3v) is 5.86. The third-order valence-electron chi connectivity index (χ3n) is 4.58. The van der Waals surface area contributed by atoms with Gasteiger partial charge < -0.3 is 4.98 Å². The summed E-state index contributed by atoms with van der Waals surface area (Å²) in [5, 5.41) is 1.25. The number of nitrogens with one attached hydrogen (secondary N) is 1. The van der Waals surface area contributed by atoms with Gasteiger partial charge in [-0.1, -0.05) is 42.9 Å². The first-order valence-electron chi connectivity index (χ1n) is 8.93. The van der Waals surface area contributed by atoms with Crippen LogP contribution in [0.3, 0.4) is 0 Å². The highest BCUT2D eigenvalue weighted by Gasteiger charge is 2.32. The molecule has 0 aliphatic heterocycles. The van der Waals surface area contributed by atoms with Gasteiger partial charge in [0.1, 0.15) is 18.5 Å². The third kappa shape index (κ3) is 3.71. The number of aromatic amines is 1. The Labute approximate surface area is 175 Å². The van der Waals surface area contributed by atoms with Gasteiger partial charge in [0.2, 0.25) is 0 Å². The van der Waals surface area contributed by atoms with Crippen molar-refractivity contribution in [1.29, 1.82) is 0 Å². The Morgan fingerprint density at radius 3 is 2.69 bits per heavy atom. The standard InChI is InChI=1S/C20H15BClF3N3S/c1-3-29-15-6-10-4-5-12(21-2)8-13(10)27-18(15)19-16(22)17-14(28-19)7-11(9-26-17)20(23,24)25/h4-9,28H,3H2,1-2H3. The SMILES string of the molecule is C[B]c1ccc2cc(SCC)c(-c3[nH]c4cc(C(F)(F)F)cnc4c3Cl)nc2c1. The zero-order chi connectivity index (χ0) is 20.8. The highest BCUT2D eigenvalue weighted by molar-refractivity contribution is 7.99. The van der Waals surface area contributed by atoms with Crippen molar-refractivity contribution >= 4 is 58.0 Å². The second-order valence-electron chi connectivity index (χ2n) is 6.44. The van der Waals surface area contributed by atoms with E-state index >= 15 is 0 Å². The number of hydrogen-bond donors (Lipinski definition) is 1. The Balaban J connectivity index is 1.95. The molecule has 0 aliphatic rings. The van der Waals surface area contributed by atoms with Gasteiger partial charge in [-0.2, -0.15) is 13.2 Å². The Kier molecular flexibility index (Phi) is 5.25. The highest BCUT2D eigenvalue weighted by Crippen LogP contribution is 2.40. The van der Waals surface area contributed by atoms with Crippen LogP contribution < -0.4 is 5.46 Å². The Bertz CT molecular complexity index is 1220. The zero-order valence-electron chi connectivity index (χ0n) is 15.6. The Morgan fingerprint density at radius 2 is 2.00 bits per heavy atom. The van der Waals surface area contributed by atoms with Crippen LogP contribution in [0, 0.1) is 0 Å². The molecular formula is C20H15BClF3N3S. The second-order valence-corrected chi connectivity index (χ2v) is 8.12. The van der Waals surface area contributed by atoms with Crippen molar-refractivity contribution in [3.8, 4) is 11.4 Å². The van der Waals surface area contributed by atoms with Gasteiger partial charge in [0.25, 0.3) is 0 Å². The number of halogens is 4. The number of aromatic nitrogens is 3. The fraction of sp³-hybridized carbons (Fsp3) is 0.200. The summed E-state index contributed by atoms with van der Waals surface area (Å²) in [6.07, 6.45) is -3.68. The number of hydrogen-bond acceptors (Lipinski definition) is 3. The molecule has 0 saturated heterocycles.